The van der Waals surface area contributed by atoms with Crippen molar-refractivity contribution in [1.29, 1.82) is 0 Å². The summed E-state index contributed by atoms with van der Waals surface area (Å²) in [6.45, 7) is 0.779. The highest BCUT2D eigenvalue weighted by atomic mass is 127. The second-order valence-electron chi connectivity index (χ2n) is 6.30. The van der Waals surface area contributed by atoms with Gasteiger partial charge in [0.2, 0.25) is 10.0 Å². The summed E-state index contributed by atoms with van der Waals surface area (Å²) in [7, 11) is 1.24. The van der Waals surface area contributed by atoms with E-state index in [1.807, 2.05) is 0 Å². The third-order valence-electron chi connectivity index (χ3n) is 4.23. The number of alkyl halides is 3. The lowest BCUT2D eigenvalue weighted by atomic mass is 10.1. The first-order chi connectivity index (χ1) is 13.6. The largest absolute Gasteiger partial charge is 0.416 e. The lowest BCUT2D eigenvalue weighted by molar-refractivity contribution is -0.137. The smallest absolute Gasteiger partial charge is 0.352 e. The number of sulfonamides is 1. The van der Waals surface area contributed by atoms with Crippen molar-refractivity contribution in [3.63, 3.8) is 0 Å². The monoisotopic (exact) mass is 556 g/mol. The van der Waals surface area contributed by atoms with Gasteiger partial charge in [0.1, 0.15) is 0 Å². The van der Waals surface area contributed by atoms with E-state index in [0.717, 1.165) is 17.7 Å². The van der Waals surface area contributed by atoms with Crippen LogP contribution in [0.25, 0.3) is 0 Å². The lowest BCUT2D eigenvalue weighted by Gasteiger charge is -2.22. The van der Waals surface area contributed by atoms with Gasteiger partial charge in [-0.15, -0.1) is 24.0 Å². The van der Waals surface area contributed by atoms with Crippen LogP contribution in [-0.4, -0.2) is 40.4 Å². The fourth-order valence-corrected chi connectivity index (χ4v) is 3.35. The highest BCUT2D eigenvalue weighted by Gasteiger charge is 2.29. The van der Waals surface area contributed by atoms with E-state index >= 15 is 0 Å². The third kappa shape index (κ3) is 7.13. The predicted molar refractivity (Wildman–Crippen MR) is 121 cm³/mol. The minimum Gasteiger partial charge on any atom is -0.352 e. The Balaban J connectivity index is 0.00000450. The van der Waals surface area contributed by atoms with Crippen molar-refractivity contribution in [1.82, 2.24) is 14.9 Å². The zero-order valence-electron chi connectivity index (χ0n) is 16.7. The molecular weight excluding hydrogens is 532 g/mol. The minimum absolute atomic E-state index is 0. The van der Waals surface area contributed by atoms with Crippen molar-refractivity contribution in [2.24, 2.45) is 4.99 Å². The van der Waals surface area contributed by atoms with E-state index in [4.69, 9.17) is 0 Å². The van der Waals surface area contributed by atoms with E-state index in [1.54, 1.807) is 31.1 Å². The maximum Gasteiger partial charge on any atom is 0.416 e. The zero-order valence-corrected chi connectivity index (χ0v) is 19.8. The molecule has 0 bridgehead atoms. The van der Waals surface area contributed by atoms with Crippen LogP contribution in [0.3, 0.4) is 0 Å². The van der Waals surface area contributed by atoms with Gasteiger partial charge in [-0.05, 0) is 42.4 Å². The molecule has 166 valence electrons. The highest BCUT2D eigenvalue weighted by molar-refractivity contribution is 14.0. The van der Waals surface area contributed by atoms with Gasteiger partial charge in [0.15, 0.2) is 5.96 Å². The molecule has 2 aromatic carbocycles. The summed E-state index contributed by atoms with van der Waals surface area (Å²) in [6, 6.07) is 11.4. The molecule has 6 nitrogen and oxygen atoms in total. The maximum absolute atomic E-state index is 12.7. The van der Waals surface area contributed by atoms with E-state index in [0.29, 0.717) is 24.6 Å². The quantitative estimate of drug-likeness (QED) is 0.325. The minimum atomic E-state index is -4.36. The number of halogens is 4. The molecule has 0 saturated heterocycles. The zero-order chi connectivity index (χ0) is 21.7. The van der Waals surface area contributed by atoms with Crippen LogP contribution in [0.15, 0.2) is 58.4 Å². The summed E-state index contributed by atoms with van der Waals surface area (Å²) >= 11 is 0. The van der Waals surface area contributed by atoms with Crippen LogP contribution >= 0.6 is 24.0 Å². The fourth-order valence-electron chi connectivity index (χ4n) is 2.62. The van der Waals surface area contributed by atoms with Gasteiger partial charge in [-0.3, -0.25) is 4.99 Å². The Morgan fingerprint density at radius 1 is 1.03 bits per heavy atom. The van der Waals surface area contributed by atoms with Crippen LogP contribution in [0.4, 0.5) is 13.2 Å². The number of nitrogens with one attached hydrogen (secondary N) is 2. The van der Waals surface area contributed by atoms with Crippen LogP contribution in [0.5, 0.6) is 0 Å². The Morgan fingerprint density at radius 3 is 2.03 bits per heavy atom. The Hall–Kier alpha value is -1.86. The van der Waals surface area contributed by atoms with Gasteiger partial charge in [-0.1, -0.05) is 24.3 Å². The number of hydrogen-bond donors (Lipinski definition) is 2. The summed E-state index contributed by atoms with van der Waals surface area (Å²) in [6.07, 6.45) is -4.36. The second-order valence-corrected chi connectivity index (χ2v) is 8.19. The number of hydrogen-bond acceptors (Lipinski definition) is 3. The first-order valence-corrected chi connectivity index (χ1v) is 10.2. The highest BCUT2D eigenvalue weighted by Crippen LogP contribution is 2.29. The van der Waals surface area contributed by atoms with Crippen LogP contribution in [0, 0.1) is 0 Å². The molecule has 0 amide bonds. The standard InChI is InChI=1S/C19H23F3N4O2S.HI/c1-23-18(25-12-14-6-10-17(11-7-14)29(27,28)24-2)26(3)13-15-4-8-16(9-5-15)19(20,21)22;/h4-11,24H,12-13H2,1-3H3,(H,23,25);1H. The molecule has 2 N–H and O–H groups in total. The topological polar surface area (TPSA) is 73.8 Å². The molecule has 2 aromatic rings. The molecule has 30 heavy (non-hydrogen) atoms. The molecule has 0 radical (unpaired) electrons. The van der Waals surface area contributed by atoms with Crippen molar-refractivity contribution in [3.8, 4) is 0 Å². The van der Waals surface area contributed by atoms with Gasteiger partial charge in [-0.25, -0.2) is 13.1 Å². The van der Waals surface area contributed by atoms with Gasteiger partial charge in [0.25, 0.3) is 0 Å². The molecular formula is C19H24F3IN4O2S. The maximum atomic E-state index is 12.7. The molecule has 0 aliphatic rings. The van der Waals surface area contributed by atoms with Crippen molar-refractivity contribution in [2.75, 3.05) is 21.1 Å². The normalized spacial score (nSPS) is 12.3. The number of nitrogens with zero attached hydrogens (tertiary/aromatic N) is 2. The first-order valence-electron chi connectivity index (χ1n) is 8.67. The van der Waals surface area contributed by atoms with E-state index in [1.165, 1.54) is 31.3 Å². The average Bonchev–Trinajstić information content (AvgIpc) is 2.68. The Bertz CT molecular complexity index is 947. The van der Waals surface area contributed by atoms with E-state index in [9.17, 15) is 21.6 Å². The van der Waals surface area contributed by atoms with Gasteiger partial charge in [0.05, 0.1) is 10.5 Å². The Kier molecular flexibility index (Phi) is 9.56. The summed E-state index contributed by atoms with van der Waals surface area (Å²) < 4.78 is 63.7. The molecule has 2 rings (SSSR count). The van der Waals surface area contributed by atoms with Crippen molar-refractivity contribution in [2.45, 2.75) is 24.2 Å². The molecule has 0 saturated carbocycles. The van der Waals surface area contributed by atoms with Crippen LogP contribution in [0.2, 0.25) is 0 Å². The number of guanidine groups is 1. The molecule has 0 unspecified atom stereocenters. The Labute approximate surface area is 191 Å². The van der Waals surface area contributed by atoms with E-state index in [-0.39, 0.29) is 28.9 Å². The molecule has 0 atom stereocenters. The summed E-state index contributed by atoms with van der Waals surface area (Å²) in [5.41, 5.74) is 0.879. The van der Waals surface area contributed by atoms with Gasteiger partial charge in [0, 0.05) is 27.2 Å². The van der Waals surface area contributed by atoms with Crippen LogP contribution in [0.1, 0.15) is 16.7 Å². The van der Waals surface area contributed by atoms with Crippen molar-refractivity contribution >= 4 is 40.0 Å². The van der Waals surface area contributed by atoms with Crippen LogP contribution in [-0.2, 0) is 29.3 Å². The molecule has 0 fully saturated rings. The number of benzene rings is 2. The molecule has 0 aromatic heterocycles. The molecule has 0 aliphatic heterocycles. The molecule has 0 aliphatic carbocycles. The first kappa shape index (κ1) is 26.2. The summed E-state index contributed by atoms with van der Waals surface area (Å²) in [5, 5.41) is 3.14. The SMILES string of the molecule is CN=C(NCc1ccc(S(=O)(=O)NC)cc1)N(C)Cc1ccc(C(F)(F)F)cc1.I. The van der Waals surface area contributed by atoms with Gasteiger partial charge < -0.3 is 10.2 Å². The van der Waals surface area contributed by atoms with E-state index in [2.05, 4.69) is 15.0 Å². The van der Waals surface area contributed by atoms with Crippen LogP contribution < -0.4 is 10.0 Å². The molecule has 0 spiro atoms. The average molecular weight is 556 g/mol. The van der Waals surface area contributed by atoms with Gasteiger partial charge in [-0.2, -0.15) is 13.2 Å². The third-order valence-corrected chi connectivity index (χ3v) is 5.66. The number of aliphatic imine (C=N–C) groups is 1. The lowest BCUT2D eigenvalue weighted by Crippen LogP contribution is -2.38. The Morgan fingerprint density at radius 2 is 1.57 bits per heavy atom. The van der Waals surface area contributed by atoms with Crippen molar-refractivity contribution in [3.05, 3.63) is 65.2 Å². The van der Waals surface area contributed by atoms with Crippen molar-refractivity contribution < 1.29 is 21.6 Å². The van der Waals surface area contributed by atoms with E-state index < -0.39 is 21.8 Å². The summed E-state index contributed by atoms with van der Waals surface area (Å²) in [4.78, 5) is 6.13. The fraction of sp³-hybridized carbons (Fsp3) is 0.316. The summed E-state index contributed by atoms with van der Waals surface area (Å²) in [5.74, 6) is 0.553. The number of rotatable bonds is 6. The predicted octanol–water partition coefficient (Wildman–Crippen LogP) is 3.44. The molecule has 11 heteroatoms. The van der Waals surface area contributed by atoms with Gasteiger partial charge >= 0.3 is 6.18 Å². The second kappa shape index (κ2) is 11.0. The molecule has 0 heterocycles.